The zero-order valence-electron chi connectivity index (χ0n) is 20.8. The summed E-state index contributed by atoms with van der Waals surface area (Å²) in [6.07, 6.45) is -0.798. The van der Waals surface area contributed by atoms with Crippen molar-refractivity contribution in [3.63, 3.8) is 0 Å². The highest BCUT2D eigenvalue weighted by Crippen LogP contribution is 2.25. The molecule has 34 heavy (non-hydrogen) atoms. The van der Waals surface area contributed by atoms with Gasteiger partial charge in [0.2, 0.25) is 11.8 Å². The molecule has 190 valence electrons. The SMILES string of the molecule is CCOC(=O)CCNC(=O)C(c1ccccc1C)N(CCO)C(=O)C(C)NC(=O)OC(C)(C)C. The maximum Gasteiger partial charge on any atom is 0.408 e. The molecular formula is C24H37N3O7. The van der Waals surface area contributed by atoms with Crippen LogP contribution in [-0.4, -0.2) is 71.8 Å². The van der Waals surface area contributed by atoms with Gasteiger partial charge in [-0.1, -0.05) is 24.3 Å². The highest BCUT2D eigenvalue weighted by Gasteiger charge is 2.35. The number of hydrogen-bond donors (Lipinski definition) is 3. The van der Waals surface area contributed by atoms with E-state index in [9.17, 15) is 24.3 Å². The molecule has 10 heteroatoms. The maximum atomic E-state index is 13.3. The van der Waals surface area contributed by atoms with E-state index in [4.69, 9.17) is 9.47 Å². The highest BCUT2D eigenvalue weighted by atomic mass is 16.6. The molecule has 10 nitrogen and oxygen atoms in total. The first-order valence-corrected chi connectivity index (χ1v) is 11.3. The second-order valence-corrected chi connectivity index (χ2v) is 8.73. The first kappa shape index (κ1) is 28.9. The van der Waals surface area contributed by atoms with Crippen molar-refractivity contribution in [3.8, 4) is 0 Å². The Hall–Kier alpha value is -3.14. The van der Waals surface area contributed by atoms with Crippen LogP contribution in [0.1, 0.15) is 58.2 Å². The van der Waals surface area contributed by atoms with E-state index < -0.39 is 48.2 Å². The predicted octanol–water partition coefficient (Wildman–Crippen LogP) is 1.84. The molecule has 1 rings (SSSR count). The Bertz CT molecular complexity index is 851. The molecular weight excluding hydrogens is 442 g/mol. The Morgan fingerprint density at radius 1 is 1.15 bits per heavy atom. The second kappa shape index (κ2) is 13.5. The van der Waals surface area contributed by atoms with Gasteiger partial charge in [0.1, 0.15) is 17.7 Å². The van der Waals surface area contributed by atoms with Crippen LogP contribution in [0, 0.1) is 6.92 Å². The number of carbonyl (C=O) groups is 4. The van der Waals surface area contributed by atoms with Crippen molar-refractivity contribution in [2.45, 2.75) is 65.6 Å². The molecule has 3 N–H and O–H groups in total. The van der Waals surface area contributed by atoms with Gasteiger partial charge in [-0.05, 0) is 52.7 Å². The van der Waals surface area contributed by atoms with Gasteiger partial charge in [-0.25, -0.2) is 4.79 Å². The number of esters is 1. The van der Waals surface area contributed by atoms with E-state index >= 15 is 0 Å². The van der Waals surface area contributed by atoms with Crippen molar-refractivity contribution < 1.29 is 33.8 Å². The average Bonchev–Trinajstić information content (AvgIpc) is 2.72. The summed E-state index contributed by atoms with van der Waals surface area (Å²) in [6, 6.07) is 4.95. The minimum absolute atomic E-state index is 0.0207. The molecule has 0 aromatic heterocycles. The molecule has 0 radical (unpaired) electrons. The number of nitrogens with zero attached hydrogens (tertiary/aromatic N) is 1. The third-order valence-corrected chi connectivity index (χ3v) is 4.70. The summed E-state index contributed by atoms with van der Waals surface area (Å²) < 4.78 is 10.1. The standard InChI is InChI=1S/C24H37N3O7/c1-7-33-19(29)12-13-25-21(30)20(18-11-9-8-10-16(18)2)27(14-15-28)22(31)17(3)26-23(32)34-24(4,5)6/h8-11,17,20,28H,7,12-15H2,1-6H3,(H,25,30)(H,26,32). The van der Waals surface area contributed by atoms with Crippen molar-refractivity contribution in [1.29, 1.82) is 0 Å². The average molecular weight is 480 g/mol. The minimum atomic E-state index is -1.09. The van der Waals surface area contributed by atoms with Crippen LogP contribution in [0.25, 0.3) is 0 Å². The molecule has 2 atom stereocenters. The predicted molar refractivity (Wildman–Crippen MR) is 126 cm³/mol. The number of benzene rings is 1. The molecule has 0 aliphatic carbocycles. The van der Waals surface area contributed by atoms with Crippen LogP contribution >= 0.6 is 0 Å². The van der Waals surface area contributed by atoms with Gasteiger partial charge in [0.05, 0.1) is 19.6 Å². The zero-order valence-corrected chi connectivity index (χ0v) is 20.8. The molecule has 1 aromatic rings. The molecule has 0 saturated heterocycles. The molecule has 3 amide bonds. The van der Waals surface area contributed by atoms with E-state index in [1.807, 2.05) is 0 Å². The lowest BCUT2D eigenvalue weighted by atomic mass is 9.98. The van der Waals surface area contributed by atoms with Crippen molar-refractivity contribution >= 4 is 23.9 Å². The number of amides is 3. The van der Waals surface area contributed by atoms with Gasteiger partial charge in [-0.15, -0.1) is 0 Å². The summed E-state index contributed by atoms with van der Waals surface area (Å²) in [7, 11) is 0. The molecule has 0 bridgehead atoms. The second-order valence-electron chi connectivity index (χ2n) is 8.73. The minimum Gasteiger partial charge on any atom is -0.466 e. The summed E-state index contributed by atoms with van der Waals surface area (Å²) >= 11 is 0. The number of rotatable bonds is 11. The first-order valence-electron chi connectivity index (χ1n) is 11.3. The van der Waals surface area contributed by atoms with Gasteiger partial charge in [0.25, 0.3) is 0 Å². The van der Waals surface area contributed by atoms with E-state index in [0.29, 0.717) is 5.56 Å². The lowest BCUT2D eigenvalue weighted by molar-refractivity contribution is -0.144. The number of carbonyl (C=O) groups excluding carboxylic acids is 4. The fourth-order valence-electron chi connectivity index (χ4n) is 3.23. The summed E-state index contributed by atoms with van der Waals surface area (Å²) in [5.41, 5.74) is 0.569. The molecule has 0 saturated carbocycles. The number of aryl methyl sites for hydroxylation is 1. The maximum absolute atomic E-state index is 13.3. The van der Waals surface area contributed by atoms with Crippen LogP contribution in [0.5, 0.6) is 0 Å². The number of alkyl carbamates (subject to hydrolysis) is 1. The first-order chi connectivity index (χ1) is 15.9. The van der Waals surface area contributed by atoms with Crippen LogP contribution < -0.4 is 10.6 Å². The van der Waals surface area contributed by atoms with E-state index in [-0.39, 0.29) is 26.1 Å². The van der Waals surface area contributed by atoms with Crippen molar-refractivity contribution in [3.05, 3.63) is 35.4 Å². The van der Waals surface area contributed by atoms with Gasteiger partial charge in [0.15, 0.2) is 0 Å². The number of hydrogen-bond acceptors (Lipinski definition) is 7. The Balaban J connectivity index is 3.17. The monoisotopic (exact) mass is 479 g/mol. The third-order valence-electron chi connectivity index (χ3n) is 4.70. The summed E-state index contributed by atoms with van der Waals surface area (Å²) in [6.45, 7) is 9.78. The lowest BCUT2D eigenvalue weighted by Crippen LogP contribution is -2.52. The van der Waals surface area contributed by atoms with E-state index in [2.05, 4.69) is 10.6 Å². The lowest BCUT2D eigenvalue weighted by Gasteiger charge is -2.33. The largest absolute Gasteiger partial charge is 0.466 e. The van der Waals surface area contributed by atoms with E-state index in [1.165, 1.54) is 11.8 Å². The van der Waals surface area contributed by atoms with Crippen LogP contribution in [0.4, 0.5) is 4.79 Å². The van der Waals surface area contributed by atoms with Gasteiger partial charge in [-0.2, -0.15) is 0 Å². The number of ether oxygens (including phenoxy) is 2. The molecule has 2 unspecified atom stereocenters. The summed E-state index contributed by atoms with van der Waals surface area (Å²) in [5, 5.41) is 14.8. The molecule has 0 aliphatic rings. The van der Waals surface area contributed by atoms with Gasteiger partial charge < -0.3 is 30.1 Å². The van der Waals surface area contributed by atoms with Gasteiger partial charge >= 0.3 is 12.1 Å². The van der Waals surface area contributed by atoms with Crippen LogP contribution in [0.2, 0.25) is 0 Å². The van der Waals surface area contributed by atoms with Gasteiger partial charge in [0, 0.05) is 13.1 Å². The molecule has 1 aromatic carbocycles. The molecule has 0 fully saturated rings. The van der Waals surface area contributed by atoms with Crippen LogP contribution in [0.15, 0.2) is 24.3 Å². The highest BCUT2D eigenvalue weighted by molar-refractivity contribution is 5.92. The zero-order chi connectivity index (χ0) is 25.9. The smallest absolute Gasteiger partial charge is 0.408 e. The summed E-state index contributed by atoms with van der Waals surface area (Å²) in [5.74, 6) is -1.55. The quantitative estimate of drug-likeness (QED) is 0.412. The summed E-state index contributed by atoms with van der Waals surface area (Å²) in [4.78, 5) is 51.6. The Morgan fingerprint density at radius 2 is 1.79 bits per heavy atom. The number of aliphatic hydroxyl groups is 1. The van der Waals surface area contributed by atoms with Crippen molar-refractivity contribution in [1.82, 2.24) is 15.5 Å². The third kappa shape index (κ3) is 9.38. The molecule has 0 spiro atoms. The van der Waals surface area contributed by atoms with E-state index in [1.54, 1.807) is 58.9 Å². The van der Waals surface area contributed by atoms with Crippen molar-refractivity contribution in [2.75, 3.05) is 26.3 Å². The Kier molecular flexibility index (Phi) is 11.5. The van der Waals surface area contributed by atoms with Crippen LogP contribution in [-0.2, 0) is 23.9 Å². The van der Waals surface area contributed by atoms with Crippen LogP contribution in [0.3, 0.4) is 0 Å². The normalized spacial score (nSPS) is 12.8. The topological polar surface area (TPSA) is 134 Å². The Morgan fingerprint density at radius 3 is 2.35 bits per heavy atom. The Labute approximate surface area is 201 Å². The van der Waals surface area contributed by atoms with Crippen molar-refractivity contribution in [2.24, 2.45) is 0 Å². The molecule has 0 heterocycles. The van der Waals surface area contributed by atoms with E-state index in [0.717, 1.165) is 5.56 Å². The number of aliphatic hydroxyl groups excluding tert-OH is 1. The molecule has 0 aliphatic heterocycles. The fourth-order valence-corrected chi connectivity index (χ4v) is 3.23. The number of nitrogens with one attached hydrogen (secondary N) is 2. The van der Waals surface area contributed by atoms with Gasteiger partial charge in [-0.3, -0.25) is 14.4 Å². The fraction of sp³-hybridized carbons (Fsp3) is 0.583.